The van der Waals surface area contributed by atoms with Gasteiger partial charge in [0, 0.05) is 47.2 Å². The molecule has 0 unspecified atom stereocenters. The fourth-order valence-corrected chi connectivity index (χ4v) is 2.64. The lowest BCUT2D eigenvalue weighted by molar-refractivity contribution is -0.385. The van der Waals surface area contributed by atoms with Crippen LogP contribution in [0.15, 0.2) is 36.4 Å². The van der Waals surface area contributed by atoms with Crippen molar-refractivity contribution >= 4 is 40.4 Å². The second-order valence-corrected chi connectivity index (χ2v) is 5.33. The Bertz CT molecular complexity index is 771. The second-order valence-electron chi connectivity index (χ2n) is 4.79. The summed E-state index contributed by atoms with van der Waals surface area (Å²) in [6, 6.07) is 7.50. The minimum Gasteiger partial charge on any atom is -0.289 e. The number of nitro groups is 2. The summed E-state index contributed by atoms with van der Waals surface area (Å²) < 4.78 is 0. The Labute approximate surface area is 146 Å². The first-order valence-corrected chi connectivity index (χ1v) is 7.67. The van der Waals surface area contributed by atoms with E-state index in [0.717, 1.165) is 0 Å². The summed E-state index contributed by atoms with van der Waals surface area (Å²) in [5.41, 5.74) is 0.628. The number of ketones is 1. The molecule has 2 rings (SSSR count). The largest absolute Gasteiger partial charge is 0.289 e. The van der Waals surface area contributed by atoms with Crippen LogP contribution in [0.1, 0.15) is 27.0 Å². The predicted octanol–water partition coefficient (Wildman–Crippen LogP) is 4.21. The van der Waals surface area contributed by atoms with Crippen LogP contribution in [0.4, 0.5) is 11.4 Å². The van der Waals surface area contributed by atoms with Gasteiger partial charge in [-0.05, 0) is 23.3 Å². The molecule has 0 radical (unpaired) electrons. The van der Waals surface area contributed by atoms with Crippen molar-refractivity contribution in [3.8, 4) is 0 Å². The zero-order valence-corrected chi connectivity index (χ0v) is 13.6. The molecule has 2 aromatic rings. The minimum absolute atomic E-state index is 0.0913. The summed E-state index contributed by atoms with van der Waals surface area (Å²) in [6.07, 6.45) is 0. The van der Waals surface area contributed by atoms with Gasteiger partial charge in [-0.25, -0.2) is 0 Å². The van der Waals surface area contributed by atoms with Gasteiger partial charge in [0.05, 0.1) is 9.85 Å². The standard InChI is InChI=1S/C15H10Cl2N2O5/c16-7-9-5-11(18(21)22)1-3-13(9)15(20)14-4-2-12(19(23)24)6-10(14)8-17/h1-6H,7-8H2. The highest BCUT2D eigenvalue weighted by molar-refractivity contribution is 6.20. The Morgan fingerprint density at radius 1 is 0.833 bits per heavy atom. The van der Waals surface area contributed by atoms with Crippen LogP contribution in [0.2, 0.25) is 0 Å². The van der Waals surface area contributed by atoms with Crippen molar-refractivity contribution in [2.75, 3.05) is 0 Å². The van der Waals surface area contributed by atoms with E-state index >= 15 is 0 Å². The first-order chi connectivity index (χ1) is 11.4. The van der Waals surface area contributed by atoms with Gasteiger partial charge in [-0.2, -0.15) is 0 Å². The molecule has 0 N–H and O–H groups in total. The van der Waals surface area contributed by atoms with E-state index < -0.39 is 15.6 Å². The number of nitro benzene ring substituents is 2. The minimum atomic E-state index is -0.583. The quantitative estimate of drug-likeness (QED) is 0.328. The maximum Gasteiger partial charge on any atom is 0.269 e. The Balaban J connectivity index is 2.52. The van der Waals surface area contributed by atoms with E-state index in [4.69, 9.17) is 23.2 Å². The molecule has 0 saturated heterocycles. The number of rotatable bonds is 6. The van der Waals surface area contributed by atoms with E-state index in [9.17, 15) is 25.0 Å². The van der Waals surface area contributed by atoms with Crippen molar-refractivity contribution in [1.29, 1.82) is 0 Å². The molecule has 24 heavy (non-hydrogen) atoms. The third-order valence-corrected chi connectivity index (χ3v) is 3.95. The van der Waals surface area contributed by atoms with Crippen LogP contribution in [-0.4, -0.2) is 15.6 Å². The lowest BCUT2D eigenvalue weighted by atomic mass is 9.95. The van der Waals surface area contributed by atoms with Gasteiger partial charge in [-0.1, -0.05) is 0 Å². The van der Waals surface area contributed by atoms with Gasteiger partial charge in [-0.3, -0.25) is 25.0 Å². The van der Waals surface area contributed by atoms with E-state index in [1.807, 2.05) is 0 Å². The monoisotopic (exact) mass is 368 g/mol. The molecule has 0 aromatic heterocycles. The number of halogens is 2. The van der Waals surface area contributed by atoms with Gasteiger partial charge < -0.3 is 0 Å². The van der Waals surface area contributed by atoms with Crippen LogP contribution in [0.5, 0.6) is 0 Å². The van der Waals surface area contributed by atoms with Crippen LogP contribution < -0.4 is 0 Å². The molecule has 0 spiro atoms. The summed E-state index contributed by atoms with van der Waals surface area (Å²) in [4.78, 5) is 33.2. The highest BCUT2D eigenvalue weighted by atomic mass is 35.5. The number of non-ortho nitro benzene ring substituents is 2. The van der Waals surface area contributed by atoms with Crippen molar-refractivity contribution in [3.05, 3.63) is 78.9 Å². The molecule has 124 valence electrons. The molecular weight excluding hydrogens is 359 g/mol. The Morgan fingerprint density at radius 3 is 1.50 bits per heavy atom. The molecule has 0 saturated carbocycles. The summed E-state index contributed by atoms with van der Waals surface area (Å²) in [6.45, 7) is 0. The summed E-state index contributed by atoms with van der Waals surface area (Å²) in [5, 5.41) is 21.6. The number of carbonyl (C=O) groups is 1. The lowest BCUT2D eigenvalue weighted by Crippen LogP contribution is -2.08. The van der Waals surface area contributed by atoms with E-state index in [1.165, 1.54) is 36.4 Å². The van der Waals surface area contributed by atoms with Crippen molar-refractivity contribution in [2.45, 2.75) is 11.8 Å². The highest BCUT2D eigenvalue weighted by Gasteiger charge is 2.21. The molecule has 0 bridgehead atoms. The molecule has 7 nitrogen and oxygen atoms in total. The molecule has 9 heteroatoms. The van der Waals surface area contributed by atoms with Gasteiger partial charge in [0.2, 0.25) is 0 Å². The normalized spacial score (nSPS) is 10.4. The molecule has 0 aliphatic heterocycles. The first-order valence-electron chi connectivity index (χ1n) is 6.60. The van der Waals surface area contributed by atoms with Gasteiger partial charge in [-0.15, -0.1) is 23.2 Å². The average Bonchev–Trinajstić information content (AvgIpc) is 2.59. The van der Waals surface area contributed by atoms with Crippen molar-refractivity contribution in [1.82, 2.24) is 0 Å². The molecule has 0 amide bonds. The number of nitrogens with zero attached hydrogens (tertiary/aromatic N) is 2. The number of hydrogen-bond donors (Lipinski definition) is 0. The zero-order chi connectivity index (χ0) is 17.9. The van der Waals surface area contributed by atoms with Crippen molar-refractivity contribution in [3.63, 3.8) is 0 Å². The van der Waals surface area contributed by atoms with E-state index in [1.54, 1.807) is 0 Å². The van der Waals surface area contributed by atoms with E-state index in [-0.39, 0.29) is 34.3 Å². The van der Waals surface area contributed by atoms with Crippen LogP contribution in [0.25, 0.3) is 0 Å². The van der Waals surface area contributed by atoms with Crippen LogP contribution in [0, 0.1) is 20.2 Å². The average molecular weight is 369 g/mol. The first kappa shape index (κ1) is 17.8. The maximum absolute atomic E-state index is 12.7. The smallest absolute Gasteiger partial charge is 0.269 e. The molecule has 0 aliphatic carbocycles. The van der Waals surface area contributed by atoms with E-state index in [0.29, 0.717) is 11.1 Å². The fourth-order valence-electron chi connectivity index (χ4n) is 2.20. The SMILES string of the molecule is O=C(c1ccc([N+](=O)[O-])cc1CCl)c1ccc([N+](=O)[O-])cc1CCl. The van der Waals surface area contributed by atoms with Crippen molar-refractivity contribution in [2.24, 2.45) is 0 Å². The number of hydrogen-bond acceptors (Lipinski definition) is 5. The topological polar surface area (TPSA) is 103 Å². The third kappa shape index (κ3) is 3.52. The summed E-state index contributed by atoms with van der Waals surface area (Å²) in [5.74, 6) is -0.635. The van der Waals surface area contributed by atoms with Crippen LogP contribution in [-0.2, 0) is 11.8 Å². The van der Waals surface area contributed by atoms with Crippen LogP contribution in [0.3, 0.4) is 0 Å². The maximum atomic E-state index is 12.7. The number of benzene rings is 2. The van der Waals surface area contributed by atoms with Gasteiger partial charge in [0.1, 0.15) is 0 Å². The van der Waals surface area contributed by atoms with Crippen LogP contribution >= 0.6 is 23.2 Å². The summed E-state index contributed by atoms with van der Waals surface area (Å²) >= 11 is 11.6. The Kier molecular flexibility index (Phi) is 5.48. The van der Waals surface area contributed by atoms with Gasteiger partial charge in [0.25, 0.3) is 11.4 Å². The molecule has 0 heterocycles. The molecule has 0 atom stereocenters. The second kappa shape index (κ2) is 7.37. The predicted molar refractivity (Wildman–Crippen MR) is 88.7 cm³/mol. The highest BCUT2D eigenvalue weighted by Crippen LogP contribution is 2.26. The molecular formula is C15H10Cl2N2O5. The number of alkyl halides is 2. The number of carbonyl (C=O) groups excluding carboxylic acids is 1. The summed E-state index contributed by atoms with van der Waals surface area (Å²) in [7, 11) is 0. The third-order valence-electron chi connectivity index (χ3n) is 3.38. The van der Waals surface area contributed by atoms with Gasteiger partial charge in [0.15, 0.2) is 5.78 Å². The van der Waals surface area contributed by atoms with Gasteiger partial charge >= 0.3 is 0 Å². The molecule has 0 fully saturated rings. The van der Waals surface area contributed by atoms with E-state index in [2.05, 4.69) is 0 Å². The fraction of sp³-hybridized carbons (Fsp3) is 0.133. The molecule has 2 aromatic carbocycles. The Morgan fingerprint density at radius 2 is 1.21 bits per heavy atom. The Hall–Kier alpha value is -2.51. The zero-order valence-electron chi connectivity index (χ0n) is 12.1. The molecule has 0 aliphatic rings. The lowest BCUT2D eigenvalue weighted by Gasteiger charge is -2.09. The van der Waals surface area contributed by atoms with Crippen molar-refractivity contribution < 1.29 is 14.6 Å².